The average molecular weight is 209 g/mol. The molecule has 0 spiro atoms. The molecule has 1 heterocycles. The summed E-state index contributed by atoms with van der Waals surface area (Å²) in [5.41, 5.74) is 0.267. The molecule has 2 nitrogen and oxygen atoms in total. The van der Waals surface area contributed by atoms with Crippen molar-refractivity contribution in [3.63, 3.8) is 0 Å². The Hall–Kier alpha value is -1.45. The second-order valence-corrected chi connectivity index (χ2v) is 4.29. The zero-order chi connectivity index (χ0) is 10.6. The van der Waals surface area contributed by atoms with E-state index in [-0.39, 0.29) is 17.2 Å². The number of fused-ring (bicyclic) bond motifs is 1. The van der Waals surface area contributed by atoms with Gasteiger partial charge in [0.2, 0.25) is 5.91 Å². The molecule has 1 saturated heterocycles. The second kappa shape index (κ2) is 2.56. The third-order valence-corrected chi connectivity index (χ3v) is 3.41. The van der Waals surface area contributed by atoms with E-state index < -0.39 is 11.6 Å². The summed E-state index contributed by atoms with van der Waals surface area (Å²) in [6.07, 6.45) is 0.710. The predicted octanol–water partition coefficient (Wildman–Crippen LogP) is 1.35. The van der Waals surface area contributed by atoms with Crippen LogP contribution in [0.5, 0.6) is 0 Å². The van der Waals surface area contributed by atoms with Crippen LogP contribution in [0.25, 0.3) is 0 Å². The molecule has 0 radical (unpaired) electrons. The minimum Gasteiger partial charge on any atom is -0.355 e. The number of amides is 1. The van der Waals surface area contributed by atoms with Gasteiger partial charge in [-0.05, 0) is 24.1 Å². The number of carbonyl (C=O) groups is 1. The first kappa shape index (κ1) is 8.83. The molecule has 2 fully saturated rings. The lowest BCUT2D eigenvalue weighted by molar-refractivity contribution is -0.120. The molecule has 2 atom stereocenters. The van der Waals surface area contributed by atoms with Crippen molar-refractivity contribution in [1.29, 1.82) is 0 Å². The molecule has 0 unspecified atom stereocenters. The maximum absolute atomic E-state index is 13.0. The van der Waals surface area contributed by atoms with Crippen LogP contribution in [0.1, 0.15) is 12.0 Å². The molecule has 1 amide bonds. The summed E-state index contributed by atoms with van der Waals surface area (Å²) in [4.78, 5) is 11.3. The maximum atomic E-state index is 13.0. The van der Waals surface area contributed by atoms with Gasteiger partial charge in [-0.2, -0.15) is 0 Å². The van der Waals surface area contributed by atoms with Gasteiger partial charge in [0.25, 0.3) is 0 Å². The van der Waals surface area contributed by atoms with Crippen LogP contribution < -0.4 is 5.32 Å². The lowest BCUT2D eigenvalue weighted by Crippen LogP contribution is -2.22. The molecule has 78 valence electrons. The van der Waals surface area contributed by atoms with E-state index in [1.54, 1.807) is 0 Å². The normalized spacial score (nSPS) is 32.4. The number of hydrogen-bond acceptors (Lipinski definition) is 1. The highest BCUT2D eigenvalue weighted by Crippen LogP contribution is 2.57. The summed E-state index contributed by atoms with van der Waals surface area (Å²) in [7, 11) is 0. The topological polar surface area (TPSA) is 29.1 Å². The summed E-state index contributed by atoms with van der Waals surface area (Å²) in [5.74, 6) is -1.24. The van der Waals surface area contributed by atoms with Crippen molar-refractivity contribution in [2.24, 2.45) is 5.92 Å². The Morgan fingerprint density at radius 3 is 2.40 bits per heavy atom. The van der Waals surface area contributed by atoms with Crippen LogP contribution in [-0.4, -0.2) is 12.5 Å². The molecule has 1 aromatic carbocycles. The van der Waals surface area contributed by atoms with Gasteiger partial charge in [0, 0.05) is 18.0 Å². The van der Waals surface area contributed by atoms with E-state index in [0.29, 0.717) is 18.5 Å². The first-order valence-electron chi connectivity index (χ1n) is 4.86. The zero-order valence-corrected chi connectivity index (χ0v) is 7.89. The summed E-state index contributed by atoms with van der Waals surface area (Å²) in [6.45, 7) is 0.499. The van der Waals surface area contributed by atoms with Gasteiger partial charge in [-0.3, -0.25) is 4.79 Å². The van der Waals surface area contributed by atoms with Gasteiger partial charge in [0.15, 0.2) is 0 Å². The van der Waals surface area contributed by atoms with Gasteiger partial charge in [-0.25, -0.2) is 8.78 Å². The smallest absolute Gasteiger partial charge is 0.224 e. The molecular formula is C11H9F2NO. The van der Waals surface area contributed by atoms with E-state index in [9.17, 15) is 13.6 Å². The van der Waals surface area contributed by atoms with Crippen LogP contribution in [0.15, 0.2) is 18.2 Å². The monoisotopic (exact) mass is 209 g/mol. The summed E-state index contributed by atoms with van der Waals surface area (Å²) < 4.78 is 26.0. The van der Waals surface area contributed by atoms with Crippen molar-refractivity contribution in [3.05, 3.63) is 35.4 Å². The highest BCUT2D eigenvalue weighted by molar-refractivity contribution is 5.88. The molecular weight excluding hydrogens is 200 g/mol. The fourth-order valence-corrected chi connectivity index (χ4v) is 2.47. The zero-order valence-electron chi connectivity index (χ0n) is 7.89. The van der Waals surface area contributed by atoms with E-state index in [4.69, 9.17) is 0 Å². The largest absolute Gasteiger partial charge is 0.355 e. The highest BCUT2D eigenvalue weighted by Gasteiger charge is 2.63. The van der Waals surface area contributed by atoms with Gasteiger partial charge in [-0.15, -0.1) is 0 Å². The Kier molecular flexibility index (Phi) is 1.51. The molecule has 0 aromatic heterocycles. The van der Waals surface area contributed by atoms with E-state index >= 15 is 0 Å². The molecule has 1 saturated carbocycles. The number of benzene rings is 1. The maximum Gasteiger partial charge on any atom is 0.224 e. The van der Waals surface area contributed by atoms with Crippen molar-refractivity contribution < 1.29 is 13.6 Å². The Bertz CT molecular complexity index is 440. The number of hydrogen-bond donors (Lipinski definition) is 1. The molecule has 1 aromatic rings. The minimum absolute atomic E-state index is 0.000306. The molecule has 15 heavy (non-hydrogen) atoms. The number of piperidine rings is 1. The third-order valence-electron chi connectivity index (χ3n) is 3.41. The van der Waals surface area contributed by atoms with Crippen LogP contribution in [0.4, 0.5) is 8.78 Å². The van der Waals surface area contributed by atoms with Gasteiger partial charge < -0.3 is 5.32 Å². The van der Waals surface area contributed by atoms with Crippen LogP contribution in [0.3, 0.4) is 0 Å². The van der Waals surface area contributed by atoms with Crippen molar-refractivity contribution >= 4 is 5.91 Å². The standard InChI is InChI=1S/C11H9F2NO/c12-7-1-6(2-8(13)3-7)11-4-9(11)10(15)14-5-11/h1-3,9H,4-5H2,(H,14,15)/t9-,11+/m0/s1. The van der Waals surface area contributed by atoms with Crippen molar-refractivity contribution in [2.45, 2.75) is 11.8 Å². The van der Waals surface area contributed by atoms with E-state index in [1.807, 2.05) is 0 Å². The Balaban J connectivity index is 2.04. The molecule has 4 heteroatoms. The van der Waals surface area contributed by atoms with Crippen LogP contribution in [0.2, 0.25) is 0 Å². The van der Waals surface area contributed by atoms with Crippen LogP contribution >= 0.6 is 0 Å². The lowest BCUT2D eigenvalue weighted by atomic mass is 9.95. The molecule has 1 aliphatic heterocycles. The fourth-order valence-electron chi connectivity index (χ4n) is 2.47. The van der Waals surface area contributed by atoms with Crippen molar-refractivity contribution in [2.75, 3.05) is 6.54 Å². The van der Waals surface area contributed by atoms with Crippen LogP contribution in [0, 0.1) is 17.6 Å². The van der Waals surface area contributed by atoms with Crippen LogP contribution in [-0.2, 0) is 10.2 Å². The Labute approximate surface area is 85.3 Å². The van der Waals surface area contributed by atoms with E-state index in [0.717, 1.165) is 6.07 Å². The van der Waals surface area contributed by atoms with Crippen molar-refractivity contribution in [3.8, 4) is 0 Å². The van der Waals surface area contributed by atoms with Gasteiger partial charge in [0.05, 0.1) is 5.92 Å². The number of halogens is 2. The summed E-state index contributed by atoms with van der Waals surface area (Å²) in [5, 5.41) is 2.71. The molecule has 3 rings (SSSR count). The van der Waals surface area contributed by atoms with E-state index in [1.165, 1.54) is 12.1 Å². The molecule has 2 aliphatic rings. The average Bonchev–Trinajstić information content (AvgIpc) is 2.82. The SMILES string of the molecule is O=C1NC[C@@]2(c3cc(F)cc(F)c3)C[C@@H]12. The number of nitrogens with one attached hydrogen (secondary N) is 1. The lowest BCUT2D eigenvalue weighted by Gasteiger charge is -2.11. The first-order valence-corrected chi connectivity index (χ1v) is 4.86. The van der Waals surface area contributed by atoms with Gasteiger partial charge >= 0.3 is 0 Å². The quantitative estimate of drug-likeness (QED) is 0.743. The van der Waals surface area contributed by atoms with Gasteiger partial charge in [0.1, 0.15) is 11.6 Å². The summed E-state index contributed by atoms with van der Waals surface area (Å²) in [6, 6.07) is 3.49. The fraction of sp³-hybridized carbons (Fsp3) is 0.364. The molecule has 0 bridgehead atoms. The Morgan fingerprint density at radius 1 is 1.27 bits per heavy atom. The highest BCUT2D eigenvalue weighted by atomic mass is 19.1. The molecule has 1 N–H and O–H groups in total. The second-order valence-electron chi connectivity index (χ2n) is 4.29. The van der Waals surface area contributed by atoms with E-state index in [2.05, 4.69) is 5.32 Å². The summed E-state index contributed by atoms with van der Waals surface area (Å²) >= 11 is 0. The minimum atomic E-state index is -0.579. The number of carbonyl (C=O) groups excluding carboxylic acids is 1. The van der Waals surface area contributed by atoms with Gasteiger partial charge in [-0.1, -0.05) is 0 Å². The number of rotatable bonds is 1. The first-order chi connectivity index (χ1) is 7.12. The third kappa shape index (κ3) is 1.11. The Morgan fingerprint density at radius 2 is 1.93 bits per heavy atom. The predicted molar refractivity (Wildman–Crippen MR) is 49.2 cm³/mol. The van der Waals surface area contributed by atoms with Crippen molar-refractivity contribution in [1.82, 2.24) is 5.32 Å². The molecule has 1 aliphatic carbocycles.